The molecule has 1 aromatic carbocycles. The van der Waals surface area contributed by atoms with Crippen molar-refractivity contribution in [1.29, 1.82) is 0 Å². The van der Waals surface area contributed by atoms with Gasteiger partial charge in [-0.25, -0.2) is 0 Å². The minimum absolute atomic E-state index is 0.0862. The number of ketones is 1. The van der Waals surface area contributed by atoms with E-state index in [1.807, 2.05) is 0 Å². The molecular formula is C16H20N2O3. The minimum Gasteiger partial charge on any atom is -0.346 e. The second-order valence-electron chi connectivity index (χ2n) is 5.36. The van der Waals surface area contributed by atoms with Gasteiger partial charge in [-0.3, -0.25) is 14.4 Å². The van der Waals surface area contributed by atoms with E-state index in [4.69, 9.17) is 0 Å². The molecule has 5 nitrogen and oxygen atoms in total. The van der Waals surface area contributed by atoms with E-state index >= 15 is 0 Å². The number of hydrogen-bond donors (Lipinski definition) is 2. The third-order valence-electron chi connectivity index (χ3n) is 3.63. The first kappa shape index (κ1) is 15.2. The average Bonchev–Trinajstić information content (AvgIpc) is 2.47. The molecule has 1 aliphatic rings. The average molecular weight is 288 g/mol. The summed E-state index contributed by atoms with van der Waals surface area (Å²) in [4.78, 5) is 35.5. The highest BCUT2D eigenvalue weighted by molar-refractivity contribution is 6.44. The SMILES string of the molecule is CC(=O)Nc1ccccc1C(=O)C(=O)NC1CCCCC1. The number of para-hydroxylation sites is 1. The van der Waals surface area contributed by atoms with E-state index in [0.717, 1.165) is 25.7 Å². The molecule has 0 bridgehead atoms. The Morgan fingerprint density at radius 1 is 1.05 bits per heavy atom. The first-order valence-corrected chi connectivity index (χ1v) is 7.29. The highest BCUT2D eigenvalue weighted by atomic mass is 16.2. The number of Topliss-reactive ketones (excluding diaryl/α,β-unsaturated/α-hetero) is 1. The maximum atomic E-state index is 12.3. The quantitative estimate of drug-likeness (QED) is 0.659. The summed E-state index contributed by atoms with van der Waals surface area (Å²) < 4.78 is 0. The summed E-state index contributed by atoms with van der Waals surface area (Å²) in [5, 5.41) is 5.37. The molecule has 1 saturated carbocycles. The molecular weight excluding hydrogens is 268 g/mol. The van der Waals surface area contributed by atoms with Gasteiger partial charge in [-0.2, -0.15) is 0 Å². The molecule has 0 radical (unpaired) electrons. The molecule has 1 aromatic rings. The van der Waals surface area contributed by atoms with Gasteiger partial charge in [-0.15, -0.1) is 0 Å². The van der Waals surface area contributed by atoms with Crippen molar-refractivity contribution in [1.82, 2.24) is 5.32 Å². The van der Waals surface area contributed by atoms with E-state index in [2.05, 4.69) is 10.6 Å². The molecule has 2 amide bonds. The van der Waals surface area contributed by atoms with Crippen LogP contribution in [-0.2, 0) is 9.59 Å². The fourth-order valence-electron chi connectivity index (χ4n) is 2.60. The maximum absolute atomic E-state index is 12.3. The molecule has 21 heavy (non-hydrogen) atoms. The molecule has 0 saturated heterocycles. The number of carbonyl (C=O) groups is 3. The van der Waals surface area contributed by atoms with Crippen LogP contribution in [-0.4, -0.2) is 23.6 Å². The van der Waals surface area contributed by atoms with Crippen LogP contribution in [0, 0.1) is 0 Å². The Labute approximate surface area is 124 Å². The van der Waals surface area contributed by atoms with Crippen LogP contribution < -0.4 is 10.6 Å². The van der Waals surface area contributed by atoms with Crippen LogP contribution in [0.25, 0.3) is 0 Å². The van der Waals surface area contributed by atoms with E-state index in [1.54, 1.807) is 24.3 Å². The number of benzene rings is 1. The van der Waals surface area contributed by atoms with Crippen LogP contribution in [0.1, 0.15) is 49.4 Å². The topological polar surface area (TPSA) is 75.3 Å². The Bertz CT molecular complexity index is 548. The smallest absolute Gasteiger partial charge is 0.292 e. The second-order valence-corrected chi connectivity index (χ2v) is 5.36. The number of anilines is 1. The molecule has 1 aliphatic carbocycles. The Hall–Kier alpha value is -2.17. The van der Waals surface area contributed by atoms with Crippen molar-refractivity contribution in [3.63, 3.8) is 0 Å². The van der Waals surface area contributed by atoms with Crippen molar-refractivity contribution >= 4 is 23.3 Å². The van der Waals surface area contributed by atoms with Crippen molar-refractivity contribution in [3.8, 4) is 0 Å². The molecule has 5 heteroatoms. The predicted molar refractivity (Wildman–Crippen MR) is 80.1 cm³/mol. The van der Waals surface area contributed by atoms with Gasteiger partial charge in [0, 0.05) is 13.0 Å². The van der Waals surface area contributed by atoms with Crippen LogP contribution >= 0.6 is 0 Å². The van der Waals surface area contributed by atoms with Gasteiger partial charge >= 0.3 is 0 Å². The fourth-order valence-corrected chi connectivity index (χ4v) is 2.60. The first-order valence-electron chi connectivity index (χ1n) is 7.29. The molecule has 0 aromatic heterocycles. The van der Waals surface area contributed by atoms with Gasteiger partial charge in [0.15, 0.2) is 0 Å². The second kappa shape index (κ2) is 7.02. The third kappa shape index (κ3) is 4.15. The molecule has 0 heterocycles. The molecule has 0 spiro atoms. The van der Waals surface area contributed by atoms with Gasteiger partial charge in [0.25, 0.3) is 11.7 Å². The maximum Gasteiger partial charge on any atom is 0.292 e. The van der Waals surface area contributed by atoms with Crippen molar-refractivity contribution in [2.75, 3.05) is 5.32 Å². The summed E-state index contributed by atoms with van der Waals surface area (Å²) in [6.45, 7) is 1.36. The number of amides is 2. The summed E-state index contributed by atoms with van der Waals surface area (Å²) in [6, 6.07) is 6.63. The Balaban J connectivity index is 2.08. The van der Waals surface area contributed by atoms with Crippen LogP contribution in [0.2, 0.25) is 0 Å². The van der Waals surface area contributed by atoms with E-state index in [1.165, 1.54) is 13.3 Å². The predicted octanol–water partition coefficient (Wildman–Crippen LogP) is 2.28. The summed E-state index contributed by atoms with van der Waals surface area (Å²) in [5.41, 5.74) is 0.592. The summed E-state index contributed by atoms with van der Waals surface area (Å²) >= 11 is 0. The molecule has 1 fully saturated rings. The van der Waals surface area contributed by atoms with E-state index in [-0.39, 0.29) is 17.5 Å². The van der Waals surface area contributed by atoms with Gasteiger partial charge in [0.05, 0.1) is 11.3 Å². The van der Waals surface area contributed by atoms with Crippen molar-refractivity contribution in [2.45, 2.75) is 45.1 Å². The summed E-state index contributed by atoms with van der Waals surface area (Å²) in [6.07, 6.45) is 5.20. The van der Waals surface area contributed by atoms with Crippen molar-refractivity contribution < 1.29 is 14.4 Å². The largest absolute Gasteiger partial charge is 0.346 e. The van der Waals surface area contributed by atoms with Crippen LogP contribution in [0.15, 0.2) is 24.3 Å². The molecule has 0 atom stereocenters. The van der Waals surface area contributed by atoms with Crippen LogP contribution in [0.5, 0.6) is 0 Å². The Morgan fingerprint density at radius 2 is 1.71 bits per heavy atom. The van der Waals surface area contributed by atoms with Gasteiger partial charge in [-0.05, 0) is 25.0 Å². The lowest BCUT2D eigenvalue weighted by Gasteiger charge is -2.22. The zero-order valence-electron chi connectivity index (χ0n) is 12.1. The normalized spacial score (nSPS) is 15.3. The van der Waals surface area contributed by atoms with Crippen LogP contribution in [0.4, 0.5) is 5.69 Å². The van der Waals surface area contributed by atoms with E-state index in [0.29, 0.717) is 5.69 Å². The zero-order valence-corrected chi connectivity index (χ0v) is 12.1. The van der Waals surface area contributed by atoms with Crippen LogP contribution in [0.3, 0.4) is 0 Å². The Morgan fingerprint density at radius 3 is 2.38 bits per heavy atom. The first-order chi connectivity index (χ1) is 10.1. The van der Waals surface area contributed by atoms with E-state index in [9.17, 15) is 14.4 Å². The molecule has 2 rings (SSSR count). The monoisotopic (exact) mass is 288 g/mol. The highest BCUT2D eigenvalue weighted by Gasteiger charge is 2.23. The summed E-state index contributed by atoms with van der Waals surface area (Å²) in [5.74, 6) is -1.48. The Kier molecular flexibility index (Phi) is 5.09. The standard InChI is InChI=1S/C16H20N2O3/c1-11(19)17-14-10-6-5-9-13(14)15(20)16(21)18-12-7-3-2-4-8-12/h5-6,9-10,12H,2-4,7-8H2,1H3,(H,17,19)(H,18,21). The molecule has 0 unspecified atom stereocenters. The van der Waals surface area contributed by atoms with Gasteiger partial charge in [-0.1, -0.05) is 31.4 Å². The highest BCUT2D eigenvalue weighted by Crippen LogP contribution is 2.19. The van der Waals surface area contributed by atoms with Gasteiger partial charge in [0.1, 0.15) is 0 Å². The number of rotatable bonds is 4. The van der Waals surface area contributed by atoms with E-state index < -0.39 is 11.7 Å². The van der Waals surface area contributed by atoms with Gasteiger partial charge < -0.3 is 10.6 Å². The number of nitrogens with one attached hydrogen (secondary N) is 2. The number of carbonyl (C=O) groups excluding carboxylic acids is 3. The molecule has 0 aliphatic heterocycles. The minimum atomic E-state index is -0.607. The fraction of sp³-hybridized carbons (Fsp3) is 0.438. The lowest BCUT2D eigenvalue weighted by molar-refractivity contribution is -0.118. The summed E-state index contributed by atoms with van der Waals surface area (Å²) in [7, 11) is 0. The molecule has 2 N–H and O–H groups in total. The lowest BCUT2D eigenvalue weighted by Crippen LogP contribution is -2.40. The van der Waals surface area contributed by atoms with Crippen molar-refractivity contribution in [2.24, 2.45) is 0 Å². The number of hydrogen-bond acceptors (Lipinski definition) is 3. The zero-order chi connectivity index (χ0) is 15.2. The third-order valence-corrected chi connectivity index (χ3v) is 3.63. The van der Waals surface area contributed by atoms with Crippen molar-refractivity contribution in [3.05, 3.63) is 29.8 Å². The molecule has 112 valence electrons. The lowest BCUT2D eigenvalue weighted by atomic mass is 9.95. The van der Waals surface area contributed by atoms with Gasteiger partial charge in [0.2, 0.25) is 5.91 Å².